The van der Waals surface area contributed by atoms with Gasteiger partial charge in [0.25, 0.3) is 0 Å². The van der Waals surface area contributed by atoms with Crippen molar-refractivity contribution in [2.24, 2.45) is 17.6 Å². The molecule has 0 aliphatic heterocycles. The Morgan fingerprint density at radius 1 is 1.24 bits per heavy atom. The molecule has 2 fully saturated rings. The lowest BCUT2D eigenvalue weighted by atomic mass is 9.81. The van der Waals surface area contributed by atoms with Crippen LogP contribution in [0.25, 0.3) is 11.0 Å². The zero-order valence-corrected chi connectivity index (χ0v) is 25.7. The van der Waals surface area contributed by atoms with Crippen molar-refractivity contribution in [3.05, 3.63) is 29.6 Å². The van der Waals surface area contributed by atoms with E-state index in [-0.39, 0.29) is 25.6 Å². The highest BCUT2D eigenvalue weighted by atomic mass is 32.2. The molecule has 4 rings (SSSR count). The zero-order valence-electron chi connectivity index (χ0n) is 23.9. The van der Waals surface area contributed by atoms with E-state index in [9.17, 15) is 13.3 Å². The van der Waals surface area contributed by atoms with Crippen molar-refractivity contribution in [1.29, 1.82) is 0 Å². The molecule has 4 atom stereocenters. The maximum atomic E-state index is 14.6. The molecule has 0 amide bonds. The minimum atomic E-state index is -2.74. The number of nitrogens with zero attached hydrogens (tertiary/aromatic N) is 2. The molecule has 2 aliphatic rings. The van der Waals surface area contributed by atoms with Gasteiger partial charge in [-0.15, -0.1) is 4.72 Å². The summed E-state index contributed by atoms with van der Waals surface area (Å²) < 4.78 is 53.4. The average Bonchev–Trinajstić information content (AvgIpc) is 3.59. The van der Waals surface area contributed by atoms with Crippen LogP contribution in [0.3, 0.4) is 0 Å². The van der Waals surface area contributed by atoms with E-state index in [1.165, 1.54) is 0 Å². The lowest BCUT2D eigenvalue weighted by Crippen LogP contribution is -2.45. The van der Waals surface area contributed by atoms with Gasteiger partial charge in [-0.2, -0.15) is 0 Å². The van der Waals surface area contributed by atoms with Gasteiger partial charge in [0, 0.05) is 44.9 Å². The van der Waals surface area contributed by atoms with Gasteiger partial charge in [-0.3, -0.25) is 0 Å². The second-order valence-corrected chi connectivity index (χ2v) is 21.2. The monoisotopic (exact) mass is 568 g/mol. The number of imidazole rings is 1. The summed E-state index contributed by atoms with van der Waals surface area (Å²) in [5.41, 5.74) is 9.21. The molecule has 0 saturated heterocycles. The molecule has 1 aromatic heterocycles. The highest BCUT2D eigenvalue weighted by Crippen LogP contribution is 2.44. The van der Waals surface area contributed by atoms with E-state index in [4.69, 9.17) is 15.5 Å². The Morgan fingerprint density at radius 3 is 2.55 bits per heavy atom. The Hall–Kier alpha value is -1.04. The number of nitrogens with one attached hydrogen (secondary N) is 1. The fraction of sp³-hybridized carbons (Fsp3) is 0.750. The SMILES string of the molecule is CC(C)(C)[S+]([O-])NC(c1nc2cc(C(N)C3CC3)ccc2n1COCC[Si](C)(C)C)[C@@H]1CCCC(F)(F)C1. The molecule has 3 N–H and O–H groups in total. The van der Waals surface area contributed by atoms with E-state index in [1.54, 1.807) is 0 Å². The van der Waals surface area contributed by atoms with Gasteiger partial charge < -0.3 is 19.6 Å². The van der Waals surface area contributed by atoms with Gasteiger partial charge in [0.05, 0.1) is 11.0 Å². The number of benzene rings is 1. The molecule has 10 heteroatoms. The molecular formula is C28H46F2N4O2SSi. The van der Waals surface area contributed by atoms with Crippen LogP contribution in [0.2, 0.25) is 25.7 Å². The molecule has 38 heavy (non-hydrogen) atoms. The normalized spacial score (nSPS) is 22.9. The van der Waals surface area contributed by atoms with Gasteiger partial charge in [-0.05, 0) is 82.0 Å². The van der Waals surface area contributed by atoms with Crippen LogP contribution in [-0.2, 0) is 22.8 Å². The number of hydrogen-bond donors (Lipinski definition) is 2. The number of ether oxygens (including phenoxy) is 1. The Kier molecular flexibility index (Phi) is 9.01. The van der Waals surface area contributed by atoms with Crippen LogP contribution < -0.4 is 10.5 Å². The number of alkyl halides is 2. The number of nitrogens with two attached hydrogens (primary N) is 1. The molecule has 1 aromatic carbocycles. The number of aromatic nitrogens is 2. The summed E-state index contributed by atoms with van der Waals surface area (Å²) in [7, 11) is -1.28. The van der Waals surface area contributed by atoms with E-state index >= 15 is 0 Å². The summed E-state index contributed by atoms with van der Waals surface area (Å²) in [6.45, 7) is 13.5. The van der Waals surface area contributed by atoms with E-state index < -0.39 is 42.1 Å². The first kappa shape index (κ1) is 29.9. The summed E-state index contributed by atoms with van der Waals surface area (Å²) in [5.74, 6) is -2.01. The summed E-state index contributed by atoms with van der Waals surface area (Å²) in [4.78, 5) is 5.02. The Bertz CT molecular complexity index is 1100. The van der Waals surface area contributed by atoms with Crippen molar-refractivity contribution in [1.82, 2.24) is 14.3 Å². The van der Waals surface area contributed by atoms with Crippen LogP contribution in [0.15, 0.2) is 18.2 Å². The lowest BCUT2D eigenvalue weighted by molar-refractivity contribution is -0.0580. The molecule has 3 unspecified atom stereocenters. The summed E-state index contributed by atoms with van der Waals surface area (Å²) in [5, 5.41) is 0. The smallest absolute Gasteiger partial charge is 0.248 e. The largest absolute Gasteiger partial charge is 0.598 e. The van der Waals surface area contributed by atoms with Gasteiger partial charge in [0.2, 0.25) is 5.92 Å². The summed E-state index contributed by atoms with van der Waals surface area (Å²) >= 11 is -1.46. The third-order valence-electron chi connectivity index (χ3n) is 7.75. The topological polar surface area (TPSA) is 88.2 Å². The number of halogens is 2. The molecule has 0 bridgehead atoms. The first-order valence-electron chi connectivity index (χ1n) is 14.0. The van der Waals surface area contributed by atoms with E-state index in [1.807, 2.05) is 37.5 Å². The minimum absolute atomic E-state index is 0.0275. The Labute approximate surface area is 230 Å². The van der Waals surface area contributed by atoms with Crippen molar-refractivity contribution in [2.75, 3.05) is 6.61 Å². The Morgan fingerprint density at radius 2 is 1.95 bits per heavy atom. The number of fused-ring (bicyclic) bond motifs is 1. The summed E-state index contributed by atoms with van der Waals surface area (Å²) in [6, 6.07) is 6.53. The molecule has 0 radical (unpaired) electrons. The predicted octanol–water partition coefficient (Wildman–Crippen LogP) is 6.68. The minimum Gasteiger partial charge on any atom is -0.598 e. The van der Waals surface area contributed by atoms with Crippen molar-refractivity contribution >= 4 is 30.5 Å². The van der Waals surface area contributed by atoms with E-state index in [0.29, 0.717) is 31.2 Å². The fourth-order valence-electron chi connectivity index (χ4n) is 5.15. The third kappa shape index (κ3) is 7.57. The highest BCUT2D eigenvalue weighted by molar-refractivity contribution is 7.90. The fourth-order valence-corrected chi connectivity index (χ4v) is 6.79. The van der Waals surface area contributed by atoms with Gasteiger partial charge in [0.15, 0.2) is 0 Å². The molecular weight excluding hydrogens is 522 g/mol. The summed E-state index contributed by atoms with van der Waals surface area (Å²) in [6.07, 6.45) is 3.01. The Balaban J connectivity index is 1.74. The maximum Gasteiger partial charge on any atom is 0.248 e. The molecule has 214 valence electrons. The molecule has 1 heterocycles. The molecule has 0 spiro atoms. The van der Waals surface area contributed by atoms with Gasteiger partial charge in [-0.1, -0.05) is 25.7 Å². The molecule has 6 nitrogen and oxygen atoms in total. The quantitative estimate of drug-likeness (QED) is 0.179. The standard InChI is InChI=1S/C28H46F2N4O2SSi/c1-27(2,3)37(35)33-25(21-8-7-13-28(29,30)17-21)26-32-22-16-20(24(31)19-9-10-19)11-12-23(22)34(26)18-36-14-15-38(4,5)6/h11-12,16,19,21,24-25,33H,7-10,13-15,17-18,31H2,1-6H3/t21-,24?,25?,37?/m1/s1. The van der Waals surface area contributed by atoms with Crippen molar-refractivity contribution in [3.63, 3.8) is 0 Å². The maximum absolute atomic E-state index is 14.6. The van der Waals surface area contributed by atoms with Crippen molar-refractivity contribution < 1.29 is 18.1 Å². The first-order valence-corrected chi connectivity index (χ1v) is 18.9. The van der Waals surface area contributed by atoms with Crippen LogP contribution in [0.1, 0.15) is 82.8 Å². The molecule has 2 saturated carbocycles. The van der Waals surface area contributed by atoms with Crippen LogP contribution in [0.4, 0.5) is 8.78 Å². The molecule has 2 aliphatic carbocycles. The second-order valence-electron chi connectivity index (χ2n) is 13.5. The highest BCUT2D eigenvalue weighted by Gasteiger charge is 2.44. The lowest BCUT2D eigenvalue weighted by Gasteiger charge is -2.36. The van der Waals surface area contributed by atoms with Crippen LogP contribution in [0.5, 0.6) is 0 Å². The van der Waals surface area contributed by atoms with E-state index in [2.05, 4.69) is 30.4 Å². The third-order valence-corrected chi connectivity index (χ3v) is 11.0. The number of hydrogen-bond acceptors (Lipinski definition) is 5. The van der Waals surface area contributed by atoms with Gasteiger partial charge in [0.1, 0.15) is 23.3 Å². The van der Waals surface area contributed by atoms with Crippen molar-refractivity contribution in [3.8, 4) is 0 Å². The van der Waals surface area contributed by atoms with E-state index in [0.717, 1.165) is 35.5 Å². The van der Waals surface area contributed by atoms with Gasteiger partial charge >= 0.3 is 0 Å². The van der Waals surface area contributed by atoms with Crippen LogP contribution in [-0.4, -0.2) is 39.5 Å². The van der Waals surface area contributed by atoms with Crippen molar-refractivity contribution in [2.45, 2.75) is 114 Å². The first-order chi connectivity index (χ1) is 17.6. The van der Waals surface area contributed by atoms with Gasteiger partial charge in [-0.25, -0.2) is 13.8 Å². The van der Waals surface area contributed by atoms with Crippen LogP contribution in [0, 0.1) is 11.8 Å². The number of rotatable bonds is 11. The second kappa shape index (κ2) is 11.4. The zero-order chi connectivity index (χ0) is 27.9. The predicted molar refractivity (Wildman–Crippen MR) is 154 cm³/mol. The average molecular weight is 569 g/mol. The van der Waals surface area contributed by atoms with Crippen LogP contribution >= 0.6 is 0 Å². The molecule has 2 aromatic rings.